The molecule has 0 aliphatic rings. The minimum Gasteiger partial charge on any atom is -0.342 e. The molecule has 0 unspecified atom stereocenters. The van der Waals surface area contributed by atoms with Crippen molar-refractivity contribution in [2.75, 3.05) is 11.1 Å². The van der Waals surface area contributed by atoms with Crippen molar-refractivity contribution >= 4 is 29.3 Å². The maximum Gasteiger partial charge on any atom is 0.251 e. The number of thioether (sulfide) groups is 1. The maximum absolute atomic E-state index is 12.7. The van der Waals surface area contributed by atoms with E-state index < -0.39 is 0 Å². The Morgan fingerprint density at radius 2 is 1.79 bits per heavy atom. The van der Waals surface area contributed by atoms with Gasteiger partial charge in [-0.1, -0.05) is 61.5 Å². The molecule has 2 aromatic carbocycles. The molecule has 0 saturated heterocycles. The molecule has 0 fully saturated rings. The van der Waals surface area contributed by atoms with Gasteiger partial charge in [-0.3, -0.25) is 9.59 Å². The summed E-state index contributed by atoms with van der Waals surface area (Å²) in [4.78, 5) is 25.3. The summed E-state index contributed by atoms with van der Waals surface area (Å²) in [5, 5.41) is 15.4. The van der Waals surface area contributed by atoms with E-state index in [-0.39, 0.29) is 29.5 Å². The van der Waals surface area contributed by atoms with Crippen LogP contribution in [0.3, 0.4) is 0 Å². The molecular weight excluding hydrogens is 434 g/mol. The molecule has 1 atom stereocenters. The predicted octanol–water partition coefficient (Wildman–Crippen LogP) is 4.77. The Hall–Kier alpha value is -3.13. The quantitative estimate of drug-likeness (QED) is 0.444. The van der Waals surface area contributed by atoms with E-state index in [2.05, 4.69) is 20.8 Å². The lowest BCUT2D eigenvalue weighted by molar-refractivity contribution is -0.113. The highest BCUT2D eigenvalue weighted by Gasteiger charge is 2.26. The van der Waals surface area contributed by atoms with Gasteiger partial charge in [0.25, 0.3) is 5.91 Å². The summed E-state index contributed by atoms with van der Waals surface area (Å²) in [5.41, 5.74) is 3.60. The Kier molecular flexibility index (Phi) is 8.27. The van der Waals surface area contributed by atoms with Crippen LogP contribution in [0.15, 0.2) is 53.7 Å². The second-order valence-electron chi connectivity index (χ2n) is 8.30. The number of hydrogen-bond donors (Lipinski definition) is 2. The van der Waals surface area contributed by atoms with Crippen molar-refractivity contribution in [2.24, 2.45) is 5.92 Å². The van der Waals surface area contributed by atoms with Crippen LogP contribution < -0.4 is 10.6 Å². The fourth-order valence-electron chi connectivity index (χ4n) is 3.55. The van der Waals surface area contributed by atoms with Gasteiger partial charge in [-0.15, -0.1) is 10.2 Å². The van der Waals surface area contributed by atoms with Crippen LogP contribution in [0.4, 0.5) is 5.69 Å². The highest BCUT2D eigenvalue weighted by molar-refractivity contribution is 7.99. The maximum atomic E-state index is 12.7. The molecule has 2 N–H and O–H groups in total. The molecule has 1 aromatic heterocycles. The summed E-state index contributed by atoms with van der Waals surface area (Å²) in [6.45, 7) is 10.7. The number of nitrogens with one attached hydrogen (secondary N) is 2. The van der Waals surface area contributed by atoms with E-state index in [1.165, 1.54) is 11.8 Å². The van der Waals surface area contributed by atoms with Crippen LogP contribution in [0.25, 0.3) is 0 Å². The van der Waals surface area contributed by atoms with Gasteiger partial charge in [0.2, 0.25) is 5.91 Å². The normalized spacial score (nSPS) is 11.9. The number of nitrogens with zero attached hydrogens (tertiary/aromatic N) is 3. The van der Waals surface area contributed by atoms with Crippen molar-refractivity contribution in [1.82, 2.24) is 20.1 Å². The average Bonchev–Trinajstić information content (AvgIpc) is 3.20. The zero-order valence-electron chi connectivity index (χ0n) is 19.8. The fraction of sp³-hybridized carbons (Fsp3) is 0.360. The summed E-state index contributed by atoms with van der Waals surface area (Å²) in [7, 11) is 0. The molecule has 1 heterocycles. The van der Waals surface area contributed by atoms with Crippen molar-refractivity contribution in [3.63, 3.8) is 0 Å². The van der Waals surface area contributed by atoms with Crippen LogP contribution in [-0.4, -0.2) is 32.3 Å². The van der Waals surface area contributed by atoms with Crippen molar-refractivity contribution in [2.45, 2.75) is 52.4 Å². The number of carbonyl (C=O) groups is 2. The topological polar surface area (TPSA) is 88.9 Å². The second-order valence-corrected chi connectivity index (χ2v) is 9.24. The first-order chi connectivity index (χ1) is 15.8. The van der Waals surface area contributed by atoms with Gasteiger partial charge in [0.05, 0.1) is 11.8 Å². The zero-order valence-corrected chi connectivity index (χ0v) is 20.6. The van der Waals surface area contributed by atoms with Gasteiger partial charge in [0.15, 0.2) is 11.0 Å². The average molecular weight is 466 g/mol. The van der Waals surface area contributed by atoms with E-state index in [0.29, 0.717) is 23.1 Å². The van der Waals surface area contributed by atoms with Crippen LogP contribution >= 0.6 is 11.8 Å². The van der Waals surface area contributed by atoms with Gasteiger partial charge in [-0.2, -0.15) is 0 Å². The van der Waals surface area contributed by atoms with Gasteiger partial charge < -0.3 is 15.2 Å². The molecule has 3 aromatic rings. The van der Waals surface area contributed by atoms with E-state index in [1.807, 2.05) is 75.6 Å². The number of carbonyl (C=O) groups excluding carboxylic acids is 2. The van der Waals surface area contributed by atoms with Gasteiger partial charge in [0.1, 0.15) is 0 Å². The predicted molar refractivity (Wildman–Crippen MR) is 132 cm³/mol. The van der Waals surface area contributed by atoms with Crippen LogP contribution in [0.5, 0.6) is 0 Å². The third-order valence-corrected chi connectivity index (χ3v) is 6.28. The number of aromatic nitrogens is 3. The lowest BCUT2D eigenvalue weighted by atomic mass is 10.0. The minimum absolute atomic E-state index is 0.100. The number of amides is 2. The largest absolute Gasteiger partial charge is 0.342 e. The zero-order chi connectivity index (χ0) is 24.0. The Labute approximate surface area is 199 Å². The molecule has 0 bridgehead atoms. The van der Waals surface area contributed by atoms with Gasteiger partial charge in [0, 0.05) is 17.8 Å². The third kappa shape index (κ3) is 6.22. The Bertz CT molecular complexity index is 1110. The highest BCUT2D eigenvalue weighted by Crippen LogP contribution is 2.26. The van der Waals surface area contributed by atoms with E-state index in [1.54, 1.807) is 12.1 Å². The lowest BCUT2D eigenvalue weighted by Crippen LogP contribution is -2.33. The number of hydrogen-bond acceptors (Lipinski definition) is 5. The molecule has 7 nitrogen and oxygen atoms in total. The summed E-state index contributed by atoms with van der Waals surface area (Å²) in [5.74, 6) is 0.764. The van der Waals surface area contributed by atoms with Crippen molar-refractivity contribution in [3.05, 3.63) is 71.0 Å². The van der Waals surface area contributed by atoms with Gasteiger partial charge in [-0.05, 0) is 50.5 Å². The number of aryl methyl sites for hydroxylation is 2. The molecule has 8 heteroatoms. The summed E-state index contributed by atoms with van der Waals surface area (Å²) < 4.78 is 1.96. The molecule has 0 aliphatic carbocycles. The van der Waals surface area contributed by atoms with Crippen molar-refractivity contribution in [3.8, 4) is 0 Å². The van der Waals surface area contributed by atoms with Crippen LogP contribution in [-0.2, 0) is 11.3 Å². The lowest BCUT2D eigenvalue weighted by Gasteiger charge is -2.22. The molecule has 2 amide bonds. The molecular formula is C25H31N5O2S. The van der Waals surface area contributed by atoms with Crippen LogP contribution in [0.1, 0.15) is 54.1 Å². The van der Waals surface area contributed by atoms with E-state index >= 15 is 0 Å². The first-order valence-electron chi connectivity index (χ1n) is 11.1. The molecule has 33 heavy (non-hydrogen) atoms. The second kappa shape index (κ2) is 11.1. The molecule has 0 saturated carbocycles. The molecule has 0 radical (unpaired) electrons. The van der Waals surface area contributed by atoms with E-state index in [4.69, 9.17) is 0 Å². The highest BCUT2D eigenvalue weighted by atomic mass is 32.2. The standard InChI is InChI=1S/C25H31N5O2S/c1-6-30-23(22(16(2)3)27-24(32)19-10-8-7-9-11-19)28-29-25(30)33-15-21(31)26-20-13-12-17(4)14-18(20)5/h7-14,16,22H,6,15H2,1-5H3,(H,26,31)(H,27,32)/t22-/m1/s1. The first-order valence-corrected chi connectivity index (χ1v) is 12.1. The number of benzene rings is 2. The third-order valence-electron chi connectivity index (χ3n) is 5.32. The van der Waals surface area contributed by atoms with Gasteiger partial charge in [-0.25, -0.2) is 0 Å². The van der Waals surface area contributed by atoms with E-state index in [0.717, 1.165) is 16.8 Å². The molecule has 3 rings (SSSR count). The molecule has 174 valence electrons. The molecule has 0 spiro atoms. The SMILES string of the molecule is CCn1c(SCC(=O)Nc2ccc(C)cc2C)nnc1[C@H](NC(=O)c1ccccc1)C(C)C. The molecule has 0 aliphatic heterocycles. The summed E-state index contributed by atoms with van der Waals surface area (Å²) >= 11 is 1.34. The number of rotatable bonds is 9. The van der Waals surface area contributed by atoms with Crippen molar-refractivity contribution in [1.29, 1.82) is 0 Å². The first kappa shape index (κ1) is 24.5. The van der Waals surface area contributed by atoms with Crippen molar-refractivity contribution < 1.29 is 9.59 Å². The summed E-state index contributed by atoms with van der Waals surface area (Å²) in [6.07, 6.45) is 0. The van der Waals surface area contributed by atoms with E-state index in [9.17, 15) is 9.59 Å². The van der Waals surface area contributed by atoms with Crippen LogP contribution in [0.2, 0.25) is 0 Å². The Morgan fingerprint density at radius 1 is 1.06 bits per heavy atom. The smallest absolute Gasteiger partial charge is 0.251 e. The number of anilines is 1. The fourth-order valence-corrected chi connectivity index (χ4v) is 4.36. The Morgan fingerprint density at radius 3 is 2.42 bits per heavy atom. The minimum atomic E-state index is -0.302. The monoisotopic (exact) mass is 465 g/mol. The summed E-state index contributed by atoms with van der Waals surface area (Å²) in [6, 6.07) is 14.8. The Balaban J connectivity index is 1.70. The van der Waals surface area contributed by atoms with Gasteiger partial charge >= 0.3 is 0 Å². The van der Waals surface area contributed by atoms with Crippen LogP contribution in [0, 0.1) is 19.8 Å².